The molecule has 1 aromatic heterocycles. The van der Waals surface area contributed by atoms with Crippen molar-refractivity contribution in [2.75, 3.05) is 24.6 Å². The highest BCUT2D eigenvalue weighted by molar-refractivity contribution is 7.99. The second-order valence-electron chi connectivity index (χ2n) is 15.1. The minimum Gasteiger partial charge on any atom is -0.384 e. The molecule has 3 fully saturated rings. The van der Waals surface area contributed by atoms with Gasteiger partial charge in [0.2, 0.25) is 27.6 Å². The largest absolute Gasteiger partial charge is 0.402 e. The molecule has 308 valence electrons. The normalized spacial score (nSPS) is 21.3. The lowest BCUT2D eigenvalue weighted by Gasteiger charge is -2.37. The van der Waals surface area contributed by atoms with Gasteiger partial charge in [-0.25, -0.2) is 17.8 Å². The number of hydrogen-bond acceptors (Lipinski definition) is 11. The van der Waals surface area contributed by atoms with Gasteiger partial charge in [0, 0.05) is 18.5 Å². The van der Waals surface area contributed by atoms with E-state index < -0.39 is 86.3 Å². The van der Waals surface area contributed by atoms with Crippen molar-refractivity contribution in [3.63, 3.8) is 0 Å². The van der Waals surface area contributed by atoms with E-state index in [9.17, 15) is 50.7 Å². The van der Waals surface area contributed by atoms with Crippen LogP contribution in [0.2, 0.25) is 0 Å². The first kappa shape index (κ1) is 43.1. The number of aromatic nitrogens is 3. The number of nitrogens with two attached hydrogens (primary N) is 1. The van der Waals surface area contributed by atoms with E-state index in [1.54, 1.807) is 11.8 Å². The summed E-state index contributed by atoms with van der Waals surface area (Å²) in [5, 5.41) is 24.5. The first-order valence-electron chi connectivity index (χ1n) is 18.4. The molecule has 0 bridgehead atoms. The minimum absolute atomic E-state index is 0.0258. The molecule has 1 aliphatic carbocycles. The molecule has 2 unspecified atom stereocenters. The van der Waals surface area contributed by atoms with Crippen LogP contribution in [0.1, 0.15) is 93.7 Å². The highest BCUT2D eigenvalue weighted by Crippen LogP contribution is 2.35. The van der Waals surface area contributed by atoms with Gasteiger partial charge in [0.1, 0.15) is 29.8 Å². The molecule has 3 aliphatic rings. The molecule has 1 aromatic carbocycles. The van der Waals surface area contributed by atoms with Crippen LogP contribution in [-0.4, -0.2) is 111 Å². The summed E-state index contributed by atoms with van der Waals surface area (Å²) in [5.74, 6) is -3.29. The highest BCUT2D eigenvalue weighted by Gasteiger charge is 2.49. The van der Waals surface area contributed by atoms with Crippen LogP contribution >= 0.6 is 11.8 Å². The number of primary amides is 1. The maximum atomic E-state index is 14.8. The molecule has 2 aromatic rings. The van der Waals surface area contributed by atoms with Crippen LogP contribution in [0.3, 0.4) is 0 Å². The minimum atomic E-state index is -4.79. The van der Waals surface area contributed by atoms with Gasteiger partial charge in [-0.05, 0) is 74.8 Å². The molecule has 4 amide bonds. The third-order valence-electron chi connectivity index (χ3n) is 10.6. The molecule has 1 saturated carbocycles. The number of sulfonamides is 1. The lowest BCUT2D eigenvalue weighted by atomic mass is 9.84. The van der Waals surface area contributed by atoms with Gasteiger partial charge < -0.3 is 26.4 Å². The van der Waals surface area contributed by atoms with E-state index in [0.29, 0.717) is 17.2 Å². The number of benzene rings is 1. The van der Waals surface area contributed by atoms with E-state index in [2.05, 4.69) is 20.9 Å². The van der Waals surface area contributed by atoms with Gasteiger partial charge >= 0.3 is 6.18 Å². The standard InChI is InChI=1S/C35H47F3N8O8S2/c1-33(2,52)27-18-40-44-46(27)23-17-26(31(50)43-34(28(47)29(39)48)12-14-55-15-13-34)45(19-23)32(51)25(16-21-6-4-3-5-7-21)42-30(49)22-8-10-24(11-9-22)56(53,54)41-20-35(36,37)38/h8-11,18,21,23,25-26,41,52H,3-7,12-17,19-20H2,1-2H3,(H2,39,48)(H,42,49)(H,43,50)/t23?,25-,26?/m1/s1. The van der Waals surface area contributed by atoms with Crippen LogP contribution in [0, 0.1) is 5.92 Å². The van der Waals surface area contributed by atoms with E-state index in [1.165, 1.54) is 34.3 Å². The summed E-state index contributed by atoms with van der Waals surface area (Å²) < 4.78 is 65.7. The number of aliphatic hydroxyl groups is 1. The van der Waals surface area contributed by atoms with Gasteiger partial charge in [-0.15, -0.1) is 5.10 Å². The maximum Gasteiger partial charge on any atom is 0.402 e. The van der Waals surface area contributed by atoms with Gasteiger partial charge in [0.05, 0.1) is 22.8 Å². The molecule has 3 atom stereocenters. The number of likely N-dealkylation sites (tertiary alicyclic amines) is 1. The Morgan fingerprint density at radius 2 is 1.70 bits per heavy atom. The van der Waals surface area contributed by atoms with Gasteiger partial charge in [0.15, 0.2) is 0 Å². The van der Waals surface area contributed by atoms with Crippen LogP contribution in [0.15, 0.2) is 35.4 Å². The first-order chi connectivity index (χ1) is 26.2. The fourth-order valence-corrected chi connectivity index (χ4v) is 9.79. The zero-order valence-corrected chi connectivity index (χ0v) is 32.6. The third kappa shape index (κ3) is 10.3. The number of carbonyl (C=O) groups is 5. The van der Waals surface area contributed by atoms with Crippen molar-refractivity contribution in [1.82, 2.24) is 35.2 Å². The Morgan fingerprint density at radius 1 is 1.05 bits per heavy atom. The molecule has 0 spiro atoms. The monoisotopic (exact) mass is 828 g/mol. The number of ketones is 1. The molecule has 5 rings (SSSR count). The van der Waals surface area contributed by atoms with Crippen LogP contribution in [0.5, 0.6) is 0 Å². The number of thioether (sulfide) groups is 1. The number of halogens is 3. The molecule has 16 nitrogen and oxygen atoms in total. The fourth-order valence-electron chi connectivity index (χ4n) is 7.58. The number of amides is 4. The Labute approximate surface area is 326 Å². The van der Waals surface area contributed by atoms with Crippen molar-refractivity contribution in [1.29, 1.82) is 0 Å². The van der Waals surface area contributed by atoms with Crippen molar-refractivity contribution in [3.8, 4) is 0 Å². The summed E-state index contributed by atoms with van der Waals surface area (Å²) in [6.07, 6.45) is 1.44. The topological polar surface area (TPSA) is 236 Å². The molecule has 56 heavy (non-hydrogen) atoms. The highest BCUT2D eigenvalue weighted by atomic mass is 32.2. The third-order valence-corrected chi connectivity index (χ3v) is 13.0. The predicted octanol–water partition coefficient (Wildman–Crippen LogP) is 1.69. The van der Waals surface area contributed by atoms with E-state index in [0.717, 1.165) is 56.4 Å². The van der Waals surface area contributed by atoms with Crippen molar-refractivity contribution in [2.24, 2.45) is 11.7 Å². The molecular weight excluding hydrogens is 782 g/mol. The van der Waals surface area contributed by atoms with E-state index in [-0.39, 0.29) is 43.7 Å². The summed E-state index contributed by atoms with van der Waals surface area (Å²) in [6.45, 7) is 1.17. The maximum absolute atomic E-state index is 14.8. The zero-order chi connectivity index (χ0) is 41.1. The number of hydrogen-bond donors (Lipinski definition) is 5. The molecule has 6 N–H and O–H groups in total. The average molecular weight is 829 g/mol. The number of alkyl halides is 3. The van der Waals surface area contributed by atoms with E-state index in [4.69, 9.17) is 5.73 Å². The molecule has 2 aliphatic heterocycles. The van der Waals surface area contributed by atoms with Crippen LogP contribution in [0.4, 0.5) is 13.2 Å². The smallest absolute Gasteiger partial charge is 0.384 e. The average Bonchev–Trinajstić information content (AvgIpc) is 3.83. The summed E-state index contributed by atoms with van der Waals surface area (Å²) in [4.78, 5) is 68.9. The Kier molecular flexibility index (Phi) is 13.2. The van der Waals surface area contributed by atoms with Gasteiger partial charge in [0.25, 0.3) is 11.8 Å². The molecule has 21 heteroatoms. The summed E-state index contributed by atoms with van der Waals surface area (Å²) in [7, 11) is -4.55. The van der Waals surface area contributed by atoms with Gasteiger partial charge in [-0.3, -0.25) is 24.0 Å². The lowest BCUT2D eigenvalue weighted by molar-refractivity contribution is -0.145. The van der Waals surface area contributed by atoms with Crippen LogP contribution < -0.4 is 21.1 Å². The fraction of sp³-hybridized carbons (Fsp3) is 0.629. The SMILES string of the molecule is CC(C)(O)c1cnnn1C1CC(C(=O)NC2(C(=O)C(N)=O)CCSCC2)N(C(=O)[C@@H](CC2CCCCC2)NC(=O)c2ccc(S(=O)(=O)NCC(F)(F)F)cc2)C1. The number of nitrogens with zero attached hydrogens (tertiary/aromatic N) is 4. The lowest BCUT2D eigenvalue weighted by Crippen LogP contribution is -2.63. The second kappa shape index (κ2) is 17.2. The molecule has 2 saturated heterocycles. The Bertz CT molecular complexity index is 1890. The van der Waals surface area contributed by atoms with Crippen molar-refractivity contribution in [2.45, 2.75) is 112 Å². The summed E-state index contributed by atoms with van der Waals surface area (Å²) >= 11 is 1.55. The van der Waals surface area contributed by atoms with E-state index in [1.807, 2.05) is 0 Å². The number of rotatable bonds is 14. The predicted molar refractivity (Wildman–Crippen MR) is 196 cm³/mol. The van der Waals surface area contributed by atoms with Gasteiger partial charge in [-0.2, -0.15) is 24.9 Å². The molecule has 0 radical (unpaired) electrons. The Hall–Kier alpha value is -4.08. The second-order valence-corrected chi connectivity index (χ2v) is 18.1. The van der Waals surface area contributed by atoms with Crippen molar-refractivity contribution < 1.29 is 50.7 Å². The number of Topliss-reactive ketones (excluding diaryl/α,β-unsaturated/α-hetero) is 1. The summed E-state index contributed by atoms with van der Waals surface area (Å²) in [5.41, 5.74) is 2.67. The zero-order valence-electron chi connectivity index (χ0n) is 31.0. The van der Waals surface area contributed by atoms with Crippen molar-refractivity contribution in [3.05, 3.63) is 41.7 Å². The molecular formula is C35H47F3N8O8S2. The first-order valence-corrected chi connectivity index (χ1v) is 21.0. The van der Waals surface area contributed by atoms with Crippen molar-refractivity contribution >= 4 is 51.2 Å². The number of nitrogens with one attached hydrogen (secondary N) is 3. The van der Waals surface area contributed by atoms with Crippen LogP contribution in [-0.2, 0) is 34.8 Å². The Morgan fingerprint density at radius 3 is 2.29 bits per heavy atom. The van der Waals surface area contributed by atoms with Gasteiger partial charge in [-0.1, -0.05) is 37.3 Å². The molecule has 3 heterocycles. The quantitative estimate of drug-likeness (QED) is 0.172. The summed E-state index contributed by atoms with van der Waals surface area (Å²) in [6, 6.07) is 1.08. The number of carbonyl (C=O) groups excluding carboxylic acids is 5. The van der Waals surface area contributed by atoms with E-state index >= 15 is 0 Å². The Balaban J connectivity index is 1.45. The van der Waals surface area contributed by atoms with Crippen LogP contribution in [0.25, 0.3) is 0 Å².